The van der Waals surface area contributed by atoms with Crippen molar-refractivity contribution in [2.45, 2.75) is 6.92 Å². The van der Waals surface area contributed by atoms with Gasteiger partial charge in [-0.1, -0.05) is 30.3 Å². The minimum atomic E-state index is -0.554. The molecular weight excluding hydrogens is 432 g/mol. The Kier molecular flexibility index (Phi) is 5.43. The van der Waals surface area contributed by atoms with Crippen LogP contribution in [-0.2, 0) is 4.74 Å². The van der Waals surface area contributed by atoms with Crippen molar-refractivity contribution >= 4 is 16.9 Å². The maximum Gasteiger partial charge on any atom is 0.345 e. The molecule has 0 aliphatic rings. The van der Waals surface area contributed by atoms with Gasteiger partial charge in [0.05, 0.1) is 34.8 Å². The van der Waals surface area contributed by atoms with E-state index >= 15 is 0 Å². The van der Waals surface area contributed by atoms with Gasteiger partial charge >= 0.3 is 11.6 Å². The van der Waals surface area contributed by atoms with E-state index in [4.69, 9.17) is 14.3 Å². The van der Waals surface area contributed by atoms with E-state index in [1.54, 1.807) is 48.0 Å². The van der Waals surface area contributed by atoms with Crippen LogP contribution in [0.1, 0.15) is 17.3 Å². The number of carbonyl (C=O) groups is 1. The maximum atomic E-state index is 12.9. The summed E-state index contributed by atoms with van der Waals surface area (Å²) in [4.78, 5) is 25.0. The van der Waals surface area contributed by atoms with Crippen molar-refractivity contribution in [3.8, 4) is 34.0 Å². The summed E-state index contributed by atoms with van der Waals surface area (Å²) in [6.07, 6.45) is 0. The third kappa shape index (κ3) is 3.95. The van der Waals surface area contributed by atoms with Crippen LogP contribution in [0.5, 0.6) is 5.75 Å². The van der Waals surface area contributed by atoms with Crippen molar-refractivity contribution in [3.63, 3.8) is 0 Å². The molecule has 0 radical (unpaired) electrons. The summed E-state index contributed by atoms with van der Waals surface area (Å²) in [5.41, 5.74) is 3.25. The van der Waals surface area contributed by atoms with E-state index in [-0.39, 0.29) is 5.75 Å². The highest BCUT2D eigenvalue weighted by Crippen LogP contribution is 2.29. The number of nitrogens with zero attached hydrogens (tertiary/aromatic N) is 2. The summed E-state index contributed by atoms with van der Waals surface area (Å²) in [6, 6.07) is 24.6. The van der Waals surface area contributed by atoms with Crippen molar-refractivity contribution in [2.24, 2.45) is 0 Å². The quantitative estimate of drug-likeness (QED) is 0.291. The lowest BCUT2D eigenvalue weighted by molar-refractivity contribution is 0.0526. The summed E-state index contributed by atoms with van der Waals surface area (Å²) >= 11 is 0. The van der Waals surface area contributed by atoms with Gasteiger partial charge in [-0.3, -0.25) is 0 Å². The molecule has 5 rings (SSSR count). The van der Waals surface area contributed by atoms with E-state index in [9.17, 15) is 14.7 Å². The first-order valence-electron chi connectivity index (χ1n) is 10.7. The molecule has 0 aliphatic heterocycles. The van der Waals surface area contributed by atoms with E-state index < -0.39 is 11.6 Å². The molecule has 3 aromatic carbocycles. The topological polar surface area (TPSA) is 94.6 Å². The highest BCUT2D eigenvalue weighted by molar-refractivity contribution is 5.89. The minimum absolute atomic E-state index is 0.0153. The van der Waals surface area contributed by atoms with Crippen LogP contribution in [0.2, 0.25) is 0 Å². The van der Waals surface area contributed by atoms with Gasteiger partial charge in [-0.15, -0.1) is 0 Å². The molecule has 2 heterocycles. The van der Waals surface area contributed by atoms with Crippen LogP contribution in [0, 0.1) is 0 Å². The second-order valence-corrected chi connectivity index (χ2v) is 7.63. The zero-order chi connectivity index (χ0) is 23.7. The largest absolute Gasteiger partial charge is 0.508 e. The molecule has 0 aliphatic carbocycles. The van der Waals surface area contributed by atoms with E-state index in [1.807, 2.05) is 36.4 Å². The standard InChI is InChI=1S/C27H20N2O5/c1-2-33-26(31)18-8-11-20(12-9-18)29-24(16-23(28-29)17-6-4-3-5-7-17)22-14-19-10-13-21(30)15-25(19)34-27(22)32/h3-16,30H,2H2,1H3. The summed E-state index contributed by atoms with van der Waals surface area (Å²) in [6.45, 7) is 2.05. The molecule has 5 aromatic rings. The number of phenolic OH excluding ortho intramolecular Hbond substituents is 1. The fraction of sp³-hybridized carbons (Fsp3) is 0.0741. The van der Waals surface area contributed by atoms with E-state index in [0.29, 0.717) is 45.8 Å². The number of hydrogen-bond acceptors (Lipinski definition) is 6. The number of esters is 1. The molecule has 34 heavy (non-hydrogen) atoms. The Balaban J connectivity index is 1.68. The van der Waals surface area contributed by atoms with Crippen LogP contribution >= 0.6 is 0 Å². The minimum Gasteiger partial charge on any atom is -0.508 e. The average molecular weight is 452 g/mol. The van der Waals surface area contributed by atoms with Gasteiger partial charge in [0.1, 0.15) is 11.3 Å². The molecular formula is C27H20N2O5. The molecule has 0 fully saturated rings. The highest BCUT2D eigenvalue weighted by Gasteiger charge is 2.18. The van der Waals surface area contributed by atoms with Gasteiger partial charge in [-0.2, -0.15) is 5.10 Å². The Morgan fingerprint density at radius 2 is 1.76 bits per heavy atom. The van der Waals surface area contributed by atoms with Crippen LogP contribution < -0.4 is 5.63 Å². The van der Waals surface area contributed by atoms with Gasteiger partial charge in [0, 0.05) is 17.0 Å². The van der Waals surface area contributed by atoms with Crippen LogP contribution in [0.4, 0.5) is 0 Å². The number of rotatable bonds is 5. The molecule has 0 spiro atoms. The van der Waals surface area contributed by atoms with Crippen LogP contribution in [0.3, 0.4) is 0 Å². The molecule has 1 N–H and O–H groups in total. The zero-order valence-electron chi connectivity index (χ0n) is 18.3. The summed E-state index contributed by atoms with van der Waals surface area (Å²) in [7, 11) is 0. The lowest BCUT2D eigenvalue weighted by Crippen LogP contribution is -2.08. The molecule has 0 atom stereocenters. The van der Waals surface area contributed by atoms with Crippen molar-refractivity contribution in [1.29, 1.82) is 0 Å². The highest BCUT2D eigenvalue weighted by atomic mass is 16.5. The van der Waals surface area contributed by atoms with Gasteiger partial charge < -0.3 is 14.3 Å². The molecule has 168 valence electrons. The number of aromatic nitrogens is 2. The Morgan fingerprint density at radius 1 is 1.00 bits per heavy atom. The van der Waals surface area contributed by atoms with Gasteiger partial charge in [0.2, 0.25) is 0 Å². The normalized spacial score (nSPS) is 11.0. The molecule has 7 nitrogen and oxygen atoms in total. The first-order valence-corrected chi connectivity index (χ1v) is 10.7. The molecule has 7 heteroatoms. The van der Waals surface area contributed by atoms with Crippen molar-refractivity contribution < 1.29 is 19.1 Å². The smallest absolute Gasteiger partial charge is 0.345 e. The lowest BCUT2D eigenvalue weighted by atomic mass is 10.1. The SMILES string of the molecule is CCOC(=O)c1ccc(-n2nc(-c3ccccc3)cc2-c2cc3ccc(O)cc3oc2=O)cc1. The Bertz CT molecular complexity index is 1550. The molecule has 0 saturated carbocycles. The third-order valence-corrected chi connectivity index (χ3v) is 5.40. The van der Waals surface area contributed by atoms with Gasteiger partial charge in [0.25, 0.3) is 0 Å². The second-order valence-electron chi connectivity index (χ2n) is 7.63. The molecule has 0 unspecified atom stereocenters. The number of ether oxygens (including phenoxy) is 1. The van der Waals surface area contributed by atoms with E-state index in [0.717, 1.165) is 5.56 Å². The molecule has 0 bridgehead atoms. The number of hydrogen-bond donors (Lipinski definition) is 1. The van der Waals surface area contributed by atoms with Crippen LogP contribution in [0.15, 0.2) is 94.1 Å². The van der Waals surface area contributed by atoms with E-state index in [2.05, 4.69) is 0 Å². The van der Waals surface area contributed by atoms with Gasteiger partial charge in [-0.05, 0) is 55.5 Å². The second kappa shape index (κ2) is 8.71. The number of aromatic hydroxyl groups is 1. The maximum absolute atomic E-state index is 12.9. The molecule has 2 aromatic heterocycles. The Morgan fingerprint density at radius 3 is 2.50 bits per heavy atom. The zero-order valence-corrected chi connectivity index (χ0v) is 18.3. The lowest BCUT2D eigenvalue weighted by Gasteiger charge is -2.09. The summed E-state index contributed by atoms with van der Waals surface area (Å²) in [5, 5.41) is 15.1. The summed E-state index contributed by atoms with van der Waals surface area (Å²) < 4.78 is 12.2. The number of carbonyl (C=O) groups excluding carboxylic acids is 1. The predicted octanol–water partition coefficient (Wildman–Crippen LogP) is 5.20. The monoisotopic (exact) mass is 452 g/mol. The average Bonchev–Trinajstić information content (AvgIpc) is 3.29. The van der Waals surface area contributed by atoms with E-state index in [1.165, 1.54) is 12.1 Å². The Hall–Kier alpha value is -4.65. The van der Waals surface area contributed by atoms with Crippen molar-refractivity contribution in [1.82, 2.24) is 9.78 Å². The number of fused-ring (bicyclic) bond motifs is 1. The first kappa shape index (κ1) is 21.2. The fourth-order valence-electron chi connectivity index (χ4n) is 3.75. The van der Waals surface area contributed by atoms with Crippen molar-refractivity contribution in [3.05, 3.63) is 101 Å². The third-order valence-electron chi connectivity index (χ3n) is 5.40. The van der Waals surface area contributed by atoms with Crippen molar-refractivity contribution in [2.75, 3.05) is 6.61 Å². The van der Waals surface area contributed by atoms with Crippen LogP contribution in [-0.4, -0.2) is 27.5 Å². The van der Waals surface area contributed by atoms with Crippen LogP contribution in [0.25, 0.3) is 39.2 Å². The molecule has 0 saturated heterocycles. The number of benzene rings is 3. The molecule has 0 amide bonds. The fourth-order valence-corrected chi connectivity index (χ4v) is 3.75. The van der Waals surface area contributed by atoms with Gasteiger partial charge in [-0.25, -0.2) is 14.3 Å². The predicted molar refractivity (Wildman–Crippen MR) is 128 cm³/mol. The van der Waals surface area contributed by atoms with Gasteiger partial charge in [0.15, 0.2) is 0 Å². The first-order chi connectivity index (χ1) is 16.5. The number of phenols is 1. The summed E-state index contributed by atoms with van der Waals surface area (Å²) in [5.74, 6) is -0.389. The Labute approximate surface area is 194 Å².